The van der Waals surface area contributed by atoms with Gasteiger partial charge in [-0.15, -0.1) is 0 Å². The van der Waals surface area contributed by atoms with Crippen LogP contribution in [0.1, 0.15) is 33.3 Å². The molecule has 1 amide bonds. The number of nitrogens with one attached hydrogen (secondary N) is 1. The van der Waals surface area contributed by atoms with Crippen molar-refractivity contribution in [2.45, 2.75) is 39.8 Å². The predicted molar refractivity (Wildman–Crippen MR) is 89.9 cm³/mol. The number of nitrogens with two attached hydrogens (primary N) is 1. The van der Waals surface area contributed by atoms with Gasteiger partial charge >= 0.3 is 0 Å². The number of carbonyl (C=O) groups excluding carboxylic acids is 1. The van der Waals surface area contributed by atoms with Gasteiger partial charge in [-0.3, -0.25) is 9.69 Å². The van der Waals surface area contributed by atoms with E-state index >= 15 is 0 Å². The van der Waals surface area contributed by atoms with E-state index in [2.05, 4.69) is 37.9 Å². The minimum Gasteiger partial charge on any atom is -0.399 e. The first kappa shape index (κ1) is 17.2. The number of amides is 1. The number of nitrogens with zero attached hydrogens (tertiary/aromatic N) is 1. The Hall–Kier alpha value is -1.81. The third kappa shape index (κ3) is 6.45. The molecule has 0 atom stereocenters. The summed E-state index contributed by atoms with van der Waals surface area (Å²) in [6.07, 6.45) is 3.35. The molecule has 0 saturated heterocycles. The highest BCUT2D eigenvalue weighted by Crippen LogP contribution is 2.07. The van der Waals surface area contributed by atoms with Crippen LogP contribution in [-0.4, -0.2) is 36.0 Å². The topological polar surface area (TPSA) is 58.4 Å². The Morgan fingerprint density at radius 1 is 1.19 bits per heavy atom. The van der Waals surface area contributed by atoms with Gasteiger partial charge in [0.25, 0.3) is 0 Å². The molecule has 21 heavy (non-hydrogen) atoms. The second-order valence-corrected chi connectivity index (χ2v) is 5.72. The van der Waals surface area contributed by atoms with Crippen LogP contribution in [-0.2, 0) is 4.79 Å². The molecular formula is C17H27N3O. The van der Waals surface area contributed by atoms with Gasteiger partial charge < -0.3 is 11.1 Å². The quantitative estimate of drug-likeness (QED) is 0.599. The highest BCUT2D eigenvalue weighted by Gasteiger charge is 2.12. The van der Waals surface area contributed by atoms with E-state index in [1.807, 2.05) is 24.3 Å². The first-order valence-electron chi connectivity index (χ1n) is 7.47. The Labute approximate surface area is 128 Å². The first-order chi connectivity index (χ1) is 9.90. The molecule has 0 saturated carbocycles. The molecule has 0 radical (unpaired) electrons. The summed E-state index contributed by atoms with van der Waals surface area (Å²) in [6.45, 7) is 10.2. The van der Waals surface area contributed by atoms with E-state index in [-0.39, 0.29) is 5.91 Å². The second-order valence-electron chi connectivity index (χ2n) is 5.72. The van der Waals surface area contributed by atoms with Crippen LogP contribution in [0, 0.1) is 0 Å². The summed E-state index contributed by atoms with van der Waals surface area (Å²) in [5.74, 6) is -0.0701. The molecule has 0 unspecified atom stereocenters. The van der Waals surface area contributed by atoms with Crippen molar-refractivity contribution in [1.29, 1.82) is 0 Å². The number of anilines is 1. The van der Waals surface area contributed by atoms with Gasteiger partial charge in [-0.1, -0.05) is 12.1 Å². The molecule has 0 aliphatic rings. The molecule has 0 aromatic heterocycles. The van der Waals surface area contributed by atoms with Crippen molar-refractivity contribution >= 4 is 17.7 Å². The number of rotatable bonds is 7. The Balaban J connectivity index is 2.38. The van der Waals surface area contributed by atoms with Crippen LogP contribution >= 0.6 is 0 Å². The van der Waals surface area contributed by atoms with Crippen LogP contribution in [0.15, 0.2) is 30.3 Å². The number of carbonyl (C=O) groups is 1. The summed E-state index contributed by atoms with van der Waals surface area (Å²) in [4.78, 5) is 14.1. The molecule has 3 N–H and O–H groups in total. The fourth-order valence-corrected chi connectivity index (χ4v) is 2.26. The van der Waals surface area contributed by atoms with Crippen LogP contribution in [0.4, 0.5) is 5.69 Å². The van der Waals surface area contributed by atoms with Crippen molar-refractivity contribution in [3.8, 4) is 0 Å². The van der Waals surface area contributed by atoms with Crippen molar-refractivity contribution in [3.05, 3.63) is 35.9 Å². The Morgan fingerprint density at radius 3 is 2.29 bits per heavy atom. The van der Waals surface area contributed by atoms with Gasteiger partial charge in [0, 0.05) is 36.9 Å². The van der Waals surface area contributed by atoms with Gasteiger partial charge in [0.15, 0.2) is 0 Å². The normalized spacial score (nSPS) is 11.8. The van der Waals surface area contributed by atoms with Gasteiger partial charge in [-0.25, -0.2) is 0 Å². The molecule has 0 bridgehead atoms. The number of hydrogen-bond donors (Lipinski definition) is 2. The van der Waals surface area contributed by atoms with Crippen molar-refractivity contribution in [2.24, 2.45) is 0 Å². The molecule has 116 valence electrons. The molecule has 0 spiro atoms. The van der Waals surface area contributed by atoms with Gasteiger partial charge in [0.1, 0.15) is 0 Å². The zero-order valence-electron chi connectivity index (χ0n) is 13.5. The summed E-state index contributed by atoms with van der Waals surface area (Å²) in [7, 11) is 0. The molecular weight excluding hydrogens is 262 g/mol. The molecule has 4 nitrogen and oxygen atoms in total. The summed E-state index contributed by atoms with van der Waals surface area (Å²) in [5, 5.41) is 2.91. The summed E-state index contributed by atoms with van der Waals surface area (Å²) in [5.41, 5.74) is 7.30. The fraction of sp³-hybridized carbons (Fsp3) is 0.471. The van der Waals surface area contributed by atoms with Gasteiger partial charge in [0.2, 0.25) is 5.91 Å². The fourth-order valence-electron chi connectivity index (χ4n) is 2.26. The highest BCUT2D eigenvalue weighted by atomic mass is 16.1. The van der Waals surface area contributed by atoms with Crippen molar-refractivity contribution in [3.63, 3.8) is 0 Å². The number of benzene rings is 1. The van der Waals surface area contributed by atoms with Gasteiger partial charge in [-0.05, 0) is 51.5 Å². The lowest BCUT2D eigenvalue weighted by atomic mass is 10.2. The maximum atomic E-state index is 11.8. The van der Waals surface area contributed by atoms with E-state index in [0.717, 1.165) is 17.8 Å². The van der Waals surface area contributed by atoms with Crippen LogP contribution < -0.4 is 11.1 Å². The minimum atomic E-state index is -0.0701. The van der Waals surface area contributed by atoms with E-state index in [9.17, 15) is 4.79 Å². The van der Waals surface area contributed by atoms with Crippen molar-refractivity contribution in [1.82, 2.24) is 10.2 Å². The molecule has 4 heteroatoms. The highest BCUT2D eigenvalue weighted by molar-refractivity contribution is 5.91. The average molecular weight is 289 g/mol. The Kier molecular flexibility index (Phi) is 6.96. The Morgan fingerprint density at radius 2 is 1.76 bits per heavy atom. The number of nitrogen functional groups attached to an aromatic ring is 1. The molecule has 1 aromatic rings. The van der Waals surface area contributed by atoms with E-state index in [0.29, 0.717) is 18.6 Å². The molecule has 0 fully saturated rings. The van der Waals surface area contributed by atoms with E-state index < -0.39 is 0 Å². The van der Waals surface area contributed by atoms with Gasteiger partial charge in [-0.2, -0.15) is 0 Å². The van der Waals surface area contributed by atoms with E-state index in [1.54, 1.807) is 12.2 Å². The third-order valence-corrected chi connectivity index (χ3v) is 3.36. The molecule has 0 aliphatic heterocycles. The summed E-state index contributed by atoms with van der Waals surface area (Å²) >= 11 is 0. The zero-order chi connectivity index (χ0) is 15.8. The Bertz CT molecular complexity index is 455. The zero-order valence-corrected chi connectivity index (χ0v) is 13.5. The molecule has 0 heterocycles. The molecule has 0 aliphatic carbocycles. The van der Waals surface area contributed by atoms with E-state index in [1.165, 1.54) is 0 Å². The van der Waals surface area contributed by atoms with Crippen LogP contribution in [0.3, 0.4) is 0 Å². The first-order valence-corrected chi connectivity index (χ1v) is 7.47. The lowest BCUT2D eigenvalue weighted by molar-refractivity contribution is -0.116. The van der Waals surface area contributed by atoms with Gasteiger partial charge in [0.05, 0.1) is 0 Å². The maximum absolute atomic E-state index is 11.8. The smallest absolute Gasteiger partial charge is 0.244 e. The predicted octanol–water partition coefficient (Wildman–Crippen LogP) is 2.52. The van der Waals surface area contributed by atoms with Crippen molar-refractivity contribution in [2.75, 3.05) is 18.8 Å². The SMILES string of the molecule is CC(C)N(CCNC(=O)/C=C/c1ccc(N)cc1)C(C)C. The molecule has 1 rings (SSSR count). The average Bonchev–Trinajstić information content (AvgIpc) is 2.42. The number of hydrogen-bond acceptors (Lipinski definition) is 3. The lowest BCUT2D eigenvalue weighted by Crippen LogP contribution is -2.42. The van der Waals surface area contributed by atoms with Crippen LogP contribution in [0.2, 0.25) is 0 Å². The van der Waals surface area contributed by atoms with Crippen LogP contribution in [0.25, 0.3) is 6.08 Å². The largest absolute Gasteiger partial charge is 0.399 e. The monoisotopic (exact) mass is 289 g/mol. The van der Waals surface area contributed by atoms with Crippen molar-refractivity contribution < 1.29 is 4.79 Å². The minimum absolute atomic E-state index is 0.0701. The third-order valence-electron chi connectivity index (χ3n) is 3.36. The second kappa shape index (κ2) is 8.47. The standard InChI is InChI=1S/C17H27N3O/c1-13(2)20(14(3)4)12-11-19-17(21)10-7-15-5-8-16(18)9-6-15/h5-10,13-14H,11-12,18H2,1-4H3,(H,19,21)/b10-7+. The maximum Gasteiger partial charge on any atom is 0.244 e. The molecule has 1 aromatic carbocycles. The van der Waals surface area contributed by atoms with Crippen LogP contribution in [0.5, 0.6) is 0 Å². The lowest BCUT2D eigenvalue weighted by Gasteiger charge is -2.30. The summed E-state index contributed by atoms with van der Waals surface area (Å²) < 4.78 is 0. The van der Waals surface area contributed by atoms with E-state index in [4.69, 9.17) is 5.73 Å². The summed E-state index contributed by atoms with van der Waals surface area (Å²) in [6, 6.07) is 8.37.